The summed E-state index contributed by atoms with van der Waals surface area (Å²) < 4.78 is 0. The van der Waals surface area contributed by atoms with E-state index >= 15 is 0 Å². The van der Waals surface area contributed by atoms with Crippen molar-refractivity contribution in [1.82, 2.24) is 0 Å². The van der Waals surface area contributed by atoms with Crippen molar-refractivity contribution in [3.8, 4) is 6.07 Å². The van der Waals surface area contributed by atoms with Gasteiger partial charge in [0.1, 0.15) is 0 Å². The van der Waals surface area contributed by atoms with E-state index < -0.39 is 0 Å². The second-order valence-electron chi connectivity index (χ2n) is 4.17. The van der Waals surface area contributed by atoms with Crippen LogP contribution in [0.5, 0.6) is 0 Å². The van der Waals surface area contributed by atoms with Crippen LogP contribution in [0.2, 0.25) is 0 Å². The van der Waals surface area contributed by atoms with Gasteiger partial charge in [0.15, 0.2) is 0 Å². The molecule has 0 aromatic heterocycles. The number of nitrogens with zero attached hydrogens (tertiary/aromatic N) is 1. The predicted molar refractivity (Wildman–Crippen MR) is 55.4 cm³/mol. The molecule has 0 amide bonds. The zero-order chi connectivity index (χ0) is 9.90. The normalized spacial score (nSPS) is 23.2. The molecule has 0 bridgehead atoms. The summed E-state index contributed by atoms with van der Waals surface area (Å²) in [6.45, 7) is 3.98. The molecule has 1 aliphatic rings. The van der Waals surface area contributed by atoms with Crippen LogP contribution < -0.4 is 0 Å². The van der Waals surface area contributed by atoms with Gasteiger partial charge in [0.2, 0.25) is 0 Å². The van der Waals surface area contributed by atoms with Crippen molar-refractivity contribution >= 4 is 11.6 Å². The topological polar surface area (TPSA) is 23.8 Å². The first-order chi connectivity index (χ1) is 6.10. The highest BCUT2D eigenvalue weighted by molar-refractivity contribution is 6.30. The molecule has 72 valence electrons. The first kappa shape index (κ1) is 10.6. The molecule has 1 saturated carbocycles. The monoisotopic (exact) mass is 197 g/mol. The molecule has 1 fully saturated rings. The Morgan fingerprint density at radius 2 is 1.85 bits per heavy atom. The molecule has 0 radical (unpaired) electrons. The fraction of sp³-hybridized carbons (Fsp3) is 0.727. The Kier molecular flexibility index (Phi) is 3.39. The minimum absolute atomic E-state index is 0.0830. The van der Waals surface area contributed by atoms with Gasteiger partial charge in [0.05, 0.1) is 6.07 Å². The Hall–Kier alpha value is -0.480. The van der Waals surface area contributed by atoms with Gasteiger partial charge in [-0.2, -0.15) is 5.26 Å². The van der Waals surface area contributed by atoms with Gasteiger partial charge in [0.25, 0.3) is 0 Å². The van der Waals surface area contributed by atoms with Crippen molar-refractivity contribution in [2.75, 3.05) is 0 Å². The number of rotatable bonds is 1. The summed E-state index contributed by atoms with van der Waals surface area (Å²) in [7, 11) is 0. The Morgan fingerprint density at radius 1 is 1.31 bits per heavy atom. The first-order valence-electron chi connectivity index (χ1n) is 4.87. The van der Waals surface area contributed by atoms with Crippen LogP contribution in [0.4, 0.5) is 0 Å². The first-order valence-corrected chi connectivity index (χ1v) is 5.25. The molecule has 0 aromatic rings. The predicted octanol–water partition coefficient (Wildman–Crippen LogP) is 3.99. The van der Waals surface area contributed by atoms with Crippen LogP contribution in [0.25, 0.3) is 0 Å². The average Bonchev–Trinajstić information content (AvgIpc) is 2.16. The quantitative estimate of drug-likeness (QED) is 0.583. The van der Waals surface area contributed by atoms with Crippen LogP contribution in [-0.2, 0) is 0 Å². The highest BCUT2D eigenvalue weighted by Gasteiger charge is 2.31. The summed E-state index contributed by atoms with van der Waals surface area (Å²) in [5.41, 5.74) is 0.769. The van der Waals surface area contributed by atoms with Gasteiger partial charge < -0.3 is 0 Å². The third-order valence-electron chi connectivity index (χ3n) is 2.98. The Labute approximate surface area is 85.4 Å². The molecule has 0 spiro atoms. The molecule has 2 heteroatoms. The lowest BCUT2D eigenvalue weighted by molar-refractivity contribution is 0.278. The molecule has 1 aliphatic carbocycles. The maximum Gasteiger partial charge on any atom is 0.0956 e. The van der Waals surface area contributed by atoms with Gasteiger partial charge in [-0.15, -0.1) is 0 Å². The average molecular weight is 198 g/mol. The van der Waals surface area contributed by atoms with Crippen molar-refractivity contribution in [1.29, 1.82) is 5.26 Å². The fourth-order valence-corrected chi connectivity index (χ4v) is 2.28. The summed E-state index contributed by atoms with van der Waals surface area (Å²) in [5, 5.41) is 9.54. The van der Waals surface area contributed by atoms with Gasteiger partial charge in [-0.3, -0.25) is 0 Å². The van der Waals surface area contributed by atoms with Gasteiger partial charge in [0, 0.05) is 16.0 Å². The Balaban J connectivity index is 2.86. The summed E-state index contributed by atoms with van der Waals surface area (Å²) in [6.07, 6.45) is 6.05. The molecule has 0 N–H and O–H groups in total. The Bertz CT molecular complexity index is 254. The molecule has 0 heterocycles. The second kappa shape index (κ2) is 4.15. The minimum Gasteiger partial charge on any atom is -0.193 e. The molecule has 1 nitrogen and oxygen atoms in total. The van der Waals surface area contributed by atoms with E-state index in [0.29, 0.717) is 5.57 Å². The standard InChI is InChI=1S/C11H16ClN/c1-9(8-13)10(12)11(2)6-4-3-5-7-11/h3-7H2,1-2H3. The van der Waals surface area contributed by atoms with Crippen molar-refractivity contribution in [2.45, 2.75) is 46.0 Å². The van der Waals surface area contributed by atoms with Crippen LogP contribution in [0.3, 0.4) is 0 Å². The number of hydrogen-bond acceptors (Lipinski definition) is 1. The molecular weight excluding hydrogens is 182 g/mol. The third kappa shape index (κ3) is 2.25. The van der Waals surface area contributed by atoms with E-state index in [2.05, 4.69) is 13.0 Å². The molecular formula is C11H16ClN. The largest absolute Gasteiger partial charge is 0.193 e. The summed E-state index contributed by atoms with van der Waals surface area (Å²) in [5.74, 6) is 0. The van der Waals surface area contributed by atoms with Crippen molar-refractivity contribution < 1.29 is 0 Å². The highest BCUT2D eigenvalue weighted by Crippen LogP contribution is 2.44. The number of hydrogen-bond donors (Lipinski definition) is 0. The third-order valence-corrected chi connectivity index (χ3v) is 3.72. The lowest BCUT2D eigenvalue weighted by Gasteiger charge is -2.33. The zero-order valence-electron chi connectivity index (χ0n) is 8.36. The van der Waals surface area contributed by atoms with E-state index in [9.17, 15) is 0 Å². The lowest BCUT2D eigenvalue weighted by atomic mass is 9.74. The van der Waals surface area contributed by atoms with Gasteiger partial charge in [-0.05, 0) is 19.8 Å². The fourth-order valence-electron chi connectivity index (χ4n) is 2.05. The van der Waals surface area contributed by atoms with Crippen LogP contribution in [0, 0.1) is 16.7 Å². The van der Waals surface area contributed by atoms with E-state index in [1.54, 1.807) is 0 Å². The molecule has 0 unspecified atom stereocenters. The SMILES string of the molecule is CC(C#N)=C(Cl)C1(C)CCCCC1. The maximum absolute atomic E-state index is 8.76. The van der Waals surface area contributed by atoms with E-state index in [1.165, 1.54) is 19.3 Å². The van der Waals surface area contributed by atoms with E-state index in [-0.39, 0.29) is 5.41 Å². The molecule has 0 atom stereocenters. The van der Waals surface area contributed by atoms with Crippen molar-refractivity contribution in [3.63, 3.8) is 0 Å². The minimum atomic E-state index is 0.0830. The van der Waals surface area contributed by atoms with Crippen LogP contribution >= 0.6 is 11.6 Å². The maximum atomic E-state index is 8.76. The number of nitriles is 1. The second-order valence-corrected chi connectivity index (χ2v) is 4.55. The molecule has 0 aromatic carbocycles. The van der Waals surface area contributed by atoms with Crippen LogP contribution in [0.1, 0.15) is 46.0 Å². The van der Waals surface area contributed by atoms with Gasteiger partial charge >= 0.3 is 0 Å². The number of allylic oxidation sites excluding steroid dienone is 2. The van der Waals surface area contributed by atoms with E-state index in [1.807, 2.05) is 6.92 Å². The summed E-state index contributed by atoms with van der Waals surface area (Å²) in [6, 6.07) is 2.13. The molecule has 0 saturated heterocycles. The Morgan fingerprint density at radius 3 is 2.31 bits per heavy atom. The zero-order valence-corrected chi connectivity index (χ0v) is 9.12. The summed E-state index contributed by atoms with van der Waals surface area (Å²) >= 11 is 6.21. The van der Waals surface area contributed by atoms with Gasteiger partial charge in [-0.1, -0.05) is 37.8 Å². The van der Waals surface area contributed by atoms with Crippen LogP contribution in [0.15, 0.2) is 10.6 Å². The lowest BCUT2D eigenvalue weighted by Crippen LogP contribution is -2.21. The smallest absolute Gasteiger partial charge is 0.0956 e. The highest BCUT2D eigenvalue weighted by atomic mass is 35.5. The number of halogens is 1. The molecule has 1 rings (SSSR count). The van der Waals surface area contributed by atoms with E-state index in [0.717, 1.165) is 17.9 Å². The van der Waals surface area contributed by atoms with E-state index in [4.69, 9.17) is 16.9 Å². The molecule has 13 heavy (non-hydrogen) atoms. The molecule has 0 aliphatic heterocycles. The van der Waals surface area contributed by atoms with Gasteiger partial charge in [-0.25, -0.2) is 0 Å². The summed E-state index contributed by atoms with van der Waals surface area (Å²) in [4.78, 5) is 0. The van der Waals surface area contributed by atoms with Crippen molar-refractivity contribution in [2.24, 2.45) is 5.41 Å². The van der Waals surface area contributed by atoms with Crippen molar-refractivity contribution in [3.05, 3.63) is 10.6 Å². The van der Waals surface area contributed by atoms with Crippen LogP contribution in [-0.4, -0.2) is 0 Å².